The lowest BCUT2D eigenvalue weighted by atomic mass is 9.86. The highest BCUT2D eigenvalue weighted by molar-refractivity contribution is 6.76. The minimum Gasteiger partial charge on any atom is -0.396 e. The van der Waals surface area contributed by atoms with Gasteiger partial charge in [-0.2, -0.15) is 0 Å². The largest absolute Gasteiger partial charge is 0.396 e. The summed E-state index contributed by atoms with van der Waals surface area (Å²) in [7, 11) is -1.14. The van der Waals surface area contributed by atoms with Gasteiger partial charge in [0.15, 0.2) is 0 Å². The predicted molar refractivity (Wildman–Crippen MR) is 119 cm³/mol. The van der Waals surface area contributed by atoms with E-state index in [1.807, 2.05) is 16.8 Å². The molecule has 2 aromatic rings. The fraction of sp³-hybridized carbons (Fsp3) is 0.619. The van der Waals surface area contributed by atoms with Crippen LogP contribution in [0.15, 0.2) is 18.3 Å². The number of hydrogen-bond donors (Lipinski definition) is 3. The molecule has 1 aliphatic rings. The molecule has 0 saturated heterocycles. The van der Waals surface area contributed by atoms with Crippen LogP contribution < -0.4 is 11.1 Å². The number of pyridine rings is 1. The quantitative estimate of drug-likeness (QED) is 0.428. The van der Waals surface area contributed by atoms with Crippen molar-refractivity contribution in [1.82, 2.24) is 9.55 Å². The molecule has 0 atom stereocenters. The summed E-state index contributed by atoms with van der Waals surface area (Å²) in [5, 5.41) is 13.9. The summed E-state index contributed by atoms with van der Waals surface area (Å²) in [6.45, 7) is 8.38. The first-order valence-corrected chi connectivity index (χ1v) is 14.2. The van der Waals surface area contributed by atoms with Gasteiger partial charge < -0.3 is 25.5 Å². The van der Waals surface area contributed by atoms with E-state index in [0.29, 0.717) is 24.3 Å². The Hall–Kier alpha value is -1.90. The lowest BCUT2D eigenvalue weighted by Gasteiger charge is -2.29. The van der Waals surface area contributed by atoms with E-state index in [-0.39, 0.29) is 12.3 Å². The Bertz CT molecular complexity index is 838. The van der Waals surface area contributed by atoms with Gasteiger partial charge in [0.2, 0.25) is 0 Å². The summed E-state index contributed by atoms with van der Waals surface area (Å²) in [5.41, 5.74) is 7.39. The Morgan fingerprint density at radius 3 is 2.69 bits per heavy atom. The molecule has 7 nitrogen and oxygen atoms in total. The molecule has 2 aromatic heterocycles. The van der Waals surface area contributed by atoms with Crippen molar-refractivity contribution < 1.29 is 14.6 Å². The SMILES string of the molecule is C[Si](C)(C)CCOCn1ccc2c(N[C@H]3CC[C@H](CO)CC3)cc(C(N)=O)nc21. The number of nitrogens with zero attached hydrogens (tertiary/aromatic N) is 2. The second-order valence-corrected chi connectivity index (χ2v) is 15.0. The van der Waals surface area contributed by atoms with Crippen molar-refractivity contribution in [1.29, 1.82) is 0 Å². The van der Waals surface area contributed by atoms with E-state index >= 15 is 0 Å². The van der Waals surface area contributed by atoms with E-state index in [1.165, 1.54) is 0 Å². The molecule has 2 heterocycles. The van der Waals surface area contributed by atoms with Crippen molar-refractivity contribution in [3.05, 3.63) is 24.0 Å². The molecule has 0 unspecified atom stereocenters. The van der Waals surface area contributed by atoms with Gasteiger partial charge in [-0.15, -0.1) is 0 Å². The molecule has 1 fully saturated rings. The van der Waals surface area contributed by atoms with Gasteiger partial charge in [-0.05, 0) is 49.8 Å². The van der Waals surface area contributed by atoms with Gasteiger partial charge in [-0.25, -0.2) is 4.98 Å². The molecule has 1 amide bonds. The maximum absolute atomic E-state index is 11.8. The Morgan fingerprint density at radius 1 is 1.34 bits per heavy atom. The molecule has 0 aliphatic heterocycles. The molecule has 1 aliphatic carbocycles. The smallest absolute Gasteiger partial charge is 0.267 e. The standard InChI is InChI=1S/C21H34N4O3Si/c1-29(2,3)11-10-28-14-25-9-8-17-18(12-19(20(22)27)24-21(17)25)23-16-6-4-15(13-26)5-7-16/h8-9,12,15-16,26H,4-7,10-11,13-14H2,1-3H3,(H2,22,27)(H,23,24)/t15-,16-. The predicted octanol–water partition coefficient (Wildman–Crippen LogP) is 3.41. The number of carbonyl (C=O) groups excluding carboxylic acids is 1. The number of carbonyl (C=O) groups is 1. The second-order valence-electron chi connectivity index (χ2n) is 9.33. The number of rotatable bonds is 9. The molecule has 4 N–H and O–H groups in total. The monoisotopic (exact) mass is 418 g/mol. The number of aromatic nitrogens is 2. The Labute approximate surface area is 173 Å². The highest BCUT2D eigenvalue weighted by Gasteiger charge is 2.22. The van der Waals surface area contributed by atoms with Crippen LogP contribution in [0.25, 0.3) is 11.0 Å². The number of ether oxygens (including phenoxy) is 1. The molecule has 160 valence electrons. The number of anilines is 1. The highest BCUT2D eigenvalue weighted by atomic mass is 28.3. The molecular formula is C21H34N4O3Si. The number of primary amides is 1. The fourth-order valence-corrected chi connectivity index (χ4v) is 4.52. The third-order valence-electron chi connectivity index (χ3n) is 5.68. The molecule has 0 radical (unpaired) electrons. The minimum atomic E-state index is -1.14. The molecule has 0 bridgehead atoms. The summed E-state index contributed by atoms with van der Waals surface area (Å²) >= 11 is 0. The van der Waals surface area contributed by atoms with Crippen LogP contribution in [0.5, 0.6) is 0 Å². The molecule has 29 heavy (non-hydrogen) atoms. The zero-order valence-electron chi connectivity index (χ0n) is 17.8. The van der Waals surface area contributed by atoms with Crippen LogP contribution >= 0.6 is 0 Å². The van der Waals surface area contributed by atoms with Crippen LogP contribution in [-0.2, 0) is 11.5 Å². The Balaban J connectivity index is 1.77. The average Bonchev–Trinajstić information content (AvgIpc) is 3.08. The molecule has 0 spiro atoms. The second kappa shape index (κ2) is 9.28. The summed E-state index contributed by atoms with van der Waals surface area (Å²) in [4.78, 5) is 16.3. The van der Waals surface area contributed by atoms with Crippen molar-refractivity contribution in [2.75, 3.05) is 18.5 Å². The van der Waals surface area contributed by atoms with Gasteiger partial charge in [0.05, 0.1) is 0 Å². The zero-order chi connectivity index (χ0) is 21.0. The van der Waals surface area contributed by atoms with Crippen molar-refractivity contribution in [2.24, 2.45) is 11.7 Å². The van der Waals surface area contributed by atoms with Crippen molar-refractivity contribution in [2.45, 2.75) is 64.1 Å². The normalized spacial score (nSPS) is 20.1. The number of aliphatic hydroxyl groups is 1. The maximum Gasteiger partial charge on any atom is 0.267 e. The zero-order valence-corrected chi connectivity index (χ0v) is 18.8. The lowest BCUT2D eigenvalue weighted by molar-refractivity contribution is 0.0897. The third-order valence-corrected chi connectivity index (χ3v) is 7.38. The number of fused-ring (bicyclic) bond motifs is 1. The number of nitrogens with two attached hydrogens (primary N) is 1. The fourth-order valence-electron chi connectivity index (χ4n) is 3.76. The van der Waals surface area contributed by atoms with Crippen LogP contribution in [0.4, 0.5) is 5.69 Å². The average molecular weight is 419 g/mol. The van der Waals surface area contributed by atoms with E-state index < -0.39 is 14.0 Å². The van der Waals surface area contributed by atoms with Crippen LogP contribution in [0.2, 0.25) is 25.7 Å². The highest BCUT2D eigenvalue weighted by Crippen LogP contribution is 2.30. The number of amides is 1. The summed E-state index contributed by atoms with van der Waals surface area (Å²) in [6.07, 6.45) is 5.97. The first-order valence-electron chi connectivity index (χ1n) is 10.5. The first kappa shape index (κ1) is 21.8. The van der Waals surface area contributed by atoms with Gasteiger partial charge in [0.25, 0.3) is 5.91 Å². The van der Waals surface area contributed by atoms with Gasteiger partial charge in [0, 0.05) is 44.6 Å². The summed E-state index contributed by atoms with van der Waals surface area (Å²) in [6, 6.07) is 5.19. The lowest BCUT2D eigenvalue weighted by Crippen LogP contribution is -2.27. The van der Waals surface area contributed by atoms with Crippen molar-refractivity contribution >= 4 is 30.7 Å². The van der Waals surface area contributed by atoms with E-state index in [4.69, 9.17) is 10.5 Å². The van der Waals surface area contributed by atoms with Gasteiger partial charge >= 0.3 is 0 Å². The van der Waals surface area contributed by atoms with Crippen LogP contribution in [0.1, 0.15) is 36.2 Å². The Kier molecular flexibility index (Phi) is 6.97. The van der Waals surface area contributed by atoms with Gasteiger partial charge in [-0.3, -0.25) is 4.79 Å². The Morgan fingerprint density at radius 2 is 2.07 bits per heavy atom. The summed E-state index contributed by atoms with van der Waals surface area (Å²) < 4.78 is 7.80. The van der Waals surface area contributed by atoms with E-state index in [9.17, 15) is 9.90 Å². The first-order chi connectivity index (χ1) is 13.8. The third kappa shape index (κ3) is 5.80. The molecule has 8 heteroatoms. The number of aliphatic hydroxyl groups excluding tert-OH is 1. The van der Waals surface area contributed by atoms with Crippen LogP contribution in [-0.4, -0.2) is 47.9 Å². The van der Waals surface area contributed by atoms with E-state index in [0.717, 1.165) is 49.4 Å². The molecule has 1 saturated carbocycles. The van der Waals surface area contributed by atoms with E-state index in [1.54, 1.807) is 6.07 Å². The van der Waals surface area contributed by atoms with Gasteiger partial charge in [-0.1, -0.05) is 19.6 Å². The molecule has 3 rings (SSSR count). The number of hydrogen-bond acceptors (Lipinski definition) is 5. The van der Waals surface area contributed by atoms with Crippen molar-refractivity contribution in [3.63, 3.8) is 0 Å². The number of nitrogens with one attached hydrogen (secondary N) is 1. The summed E-state index contributed by atoms with van der Waals surface area (Å²) in [5.74, 6) is -0.132. The molecule has 0 aromatic carbocycles. The van der Waals surface area contributed by atoms with E-state index in [2.05, 4.69) is 29.9 Å². The molecular weight excluding hydrogens is 384 g/mol. The van der Waals surface area contributed by atoms with Crippen molar-refractivity contribution in [3.8, 4) is 0 Å². The minimum absolute atomic E-state index is 0.256. The van der Waals surface area contributed by atoms with Gasteiger partial charge in [0.1, 0.15) is 18.1 Å². The van der Waals surface area contributed by atoms with Crippen LogP contribution in [0.3, 0.4) is 0 Å². The topological polar surface area (TPSA) is 102 Å². The van der Waals surface area contributed by atoms with Crippen LogP contribution in [0, 0.1) is 5.92 Å². The maximum atomic E-state index is 11.8.